The predicted octanol–water partition coefficient (Wildman–Crippen LogP) is 5.11. The van der Waals surface area contributed by atoms with E-state index in [1.807, 2.05) is 12.1 Å². The van der Waals surface area contributed by atoms with Crippen LogP contribution in [0.5, 0.6) is 23.0 Å². The molecule has 0 spiro atoms. The molecular weight excluding hydrogens is 406 g/mol. The zero-order valence-corrected chi connectivity index (χ0v) is 17.2. The van der Waals surface area contributed by atoms with Crippen LogP contribution in [0.4, 0.5) is 17.1 Å². The fraction of sp³-hybridized carbons (Fsp3) is 0.190. The first-order chi connectivity index (χ1) is 14.9. The lowest BCUT2D eigenvalue weighted by Gasteiger charge is -2.12. The van der Waals surface area contributed by atoms with E-state index in [1.165, 1.54) is 40.4 Å². The summed E-state index contributed by atoms with van der Waals surface area (Å²) in [6, 6.07) is 11.3. The van der Waals surface area contributed by atoms with Crippen LogP contribution in [0.2, 0.25) is 0 Å². The quantitative estimate of drug-likeness (QED) is 0.169. The first-order valence-corrected chi connectivity index (χ1v) is 8.99. The zero-order valence-electron chi connectivity index (χ0n) is 17.2. The van der Waals surface area contributed by atoms with Gasteiger partial charge in [0.2, 0.25) is 0 Å². The second-order valence-corrected chi connectivity index (χ2v) is 6.22. The van der Waals surface area contributed by atoms with Gasteiger partial charge < -0.3 is 18.9 Å². The molecule has 0 amide bonds. The van der Waals surface area contributed by atoms with Gasteiger partial charge in [0.05, 0.1) is 32.3 Å². The van der Waals surface area contributed by atoms with E-state index in [-0.39, 0.29) is 34.3 Å². The van der Waals surface area contributed by atoms with E-state index in [1.54, 1.807) is 18.2 Å². The number of rotatable bonds is 7. The van der Waals surface area contributed by atoms with Crippen LogP contribution >= 0.6 is 0 Å². The summed E-state index contributed by atoms with van der Waals surface area (Å²) < 4.78 is 21.1. The number of fused-ring (bicyclic) bond motifs is 1. The third-order valence-electron chi connectivity index (χ3n) is 4.35. The predicted molar refractivity (Wildman–Crippen MR) is 112 cm³/mol. The number of benzene rings is 3. The first kappa shape index (κ1) is 21.5. The third kappa shape index (κ3) is 4.37. The Morgan fingerprint density at radius 3 is 2.03 bits per heavy atom. The minimum atomic E-state index is -0.588. The number of nitro groups is 1. The van der Waals surface area contributed by atoms with Gasteiger partial charge in [0.15, 0.2) is 17.2 Å². The molecule has 0 bridgehead atoms. The largest absolute Gasteiger partial charge is 0.496 e. The van der Waals surface area contributed by atoms with Crippen molar-refractivity contribution in [3.8, 4) is 23.0 Å². The summed E-state index contributed by atoms with van der Waals surface area (Å²) in [5.74, 6) is 0.310. The van der Waals surface area contributed by atoms with Crippen LogP contribution in [0, 0.1) is 10.1 Å². The number of carbonyl (C=O) groups excluding carboxylic acids is 1. The summed E-state index contributed by atoms with van der Waals surface area (Å²) in [4.78, 5) is 22.3. The topological polar surface area (TPSA) is 122 Å². The van der Waals surface area contributed by atoms with Crippen molar-refractivity contribution in [3.63, 3.8) is 0 Å². The summed E-state index contributed by atoms with van der Waals surface area (Å²) >= 11 is 0. The number of esters is 1. The molecule has 0 aliphatic rings. The van der Waals surface area contributed by atoms with E-state index < -0.39 is 10.9 Å². The standard InChI is InChI=1S/C21H19N3O7/c1-12(25)31-21-14-8-6-5-7-13(14)18(28-2)10-16(21)23-22-15-9-20(30-4)17(24(26)27)11-19(15)29-3/h5-11H,1-4H3. The molecule has 0 atom stereocenters. The van der Waals surface area contributed by atoms with Crippen LogP contribution in [0.25, 0.3) is 10.8 Å². The molecule has 0 N–H and O–H groups in total. The number of hydrogen-bond donors (Lipinski definition) is 0. The van der Waals surface area contributed by atoms with Crippen molar-refractivity contribution in [1.29, 1.82) is 0 Å². The lowest BCUT2D eigenvalue weighted by atomic mass is 10.1. The summed E-state index contributed by atoms with van der Waals surface area (Å²) in [6.07, 6.45) is 0. The van der Waals surface area contributed by atoms with Gasteiger partial charge in [0, 0.05) is 29.8 Å². The highest BCUT2D eigenvalue weighted by atomic mass is 16.6. The maximum Gasteiger partial charge on any atom is 0.314 e. The first-order valence-electron chi connectivity index (χ1n) is 8.99. The fourth-order valence-corrected chi connectivity index (χ4v) is 2.99. The maximum absolute atomic E-state index is 11.7. The minimum Gasteiger partial charge on any atom is -0.496 e. The lowest BCUT2D eigenvalue weighted by Crippen LogP contribution is -2.02. The van der Waals surface area contributed by atoms with E-state index in [0.29, 0.717) is 11.1 Å². The number of azo groups is 1. The van der Waals surface area contributed by atoms with Gasteiger partial charge in [0.1, 0.15) is 17.1 Å². The Morgan fingerprint density at radius 1 is 0.871 bits per heavy atom. The van der Waals surface area contributed by atoms with Crippen molar-refractivity contribution >= 4 is 33.8 Å². The highest BCUT2D eigenvalue weighted by Crippen LogP contribution is 2.44. The molecule has 10 nitrogen and oxygen atoms in total. The van der Waals surface area contributed by atoms with Gasteiger partial charge in [-0.1, -0.05) is 24.3 Å². The molecule has 31 heavy (non-hydrogen) atoms. The van der Waals surface area contributed by atoms with Crippen molar-refractivity contribution in [2.45, 2.75) is 6.92 Å². The summed E-state index contributed by atoms with van der Waals surface area (Å²) in [5.41, 5.74) is 0.141. The number of ether oxygens (including phenoxy) is 4. The van der Waals surface area contributed by atoms with Crippen LogP contribution in [0.1, 0.15) is 6.92 Å². The number of carbonyl (C=O) groups is 1. The van der Waals surface area contributed by atoms with Crippen molar-refractivity contribution < 1.29 is 28.7 Å². The monoisotopic (exact) mass is 425 g/mol. The summed E-state index contributed by atoms with van der Waals surface area (Å²) in [5, 5.41) is 20.9. The Kier molecular flexibility index (Phi) is 6.29. The van der Waals surface area contributed by atoms with Gasteiger partial charge in [-0.25, -0.2) is 0 Å². The molecule has 0 saturated carbocycles. The Hall–Kier alpha value is -4.21. The molecule has 0 unspecified atom stereocenters. The Labute approximate surface area is 177 Å². The smallest absolute Gasteiger partial charge is 0.314 e. The molecule has 3 aromatic carbocycles. The van der Waals surface area contributed by atoms with Crippen molar-refractivity contribution in [2.24, 2.45) is 10.2 Å². The Morgan fingerprint density at radius 2 is 1.45 bits per heavy atom. The number of methoxy groups -OCH3 is 3. The number of hydrogen-bond acceptors (Lipinski definition) is 9. The number of nitro benzene ring substituents is 1. The van der Waals surface area contributed by atoms with Crippen LogP contribution in [0.3, 0.4) is 0 Å². The van der Waals surface area contributed by atoms with Gasteiger partial charge in [-0.15, -0.1) is 10.2 Å². The highest BCUT2D eigenvalue weighted by Gasteiger charge is 2.20. The molecular formula is C21H19N3O7. The molecule has 0 radical (unpaired) electrons. The molecule has 0 fully saturated rings. The van der Waals surface area contributed by atoms with Crippen molar-refractivity contribution in [3.05, 3.63) is 52.6 Å². The van der Waals surface area contributed by atoms with E-state index in [9.17, 15) is 14.9 Å². The van der Waals surface area contributed by atoms with Crippen molar-refractivity contribution in [2.75, 3.05) is 21.3 Å². The fourth-order valence-electron chi connectivity index (χ4n) is 2.99. The van der Waals surface area contributed by atoms with E-state index >= 15 is 0 Å². The second kappa shape index (κ2) is 9.08. The zero-order chi connectivity index (χ0) is 22.5. The SMILES string of the molecule is COc1cc([N+](=O)[O-])c(OC)cc1N=Nc1cc(OC)c2ccccc2c1OC(C)=O. The number of nitrogens with zero attached hydrogens (tertiary/aromatic N) is 3. The van der Waals surface area contributed by atoms with E-state index in [2.05, 4.69) is 10.2 Å². The second-order valence-electron chi connectivity index (χ2n) is 6.22. The van der Waals surface area contributed by atoms with E-state index in [0.717, 1.165) is 5.39 Å². The van der Waals surface area contributed by atoms with Crippen molar-refractivity contribution in [1.82, 2.24) is 0 Å². The molecule has 160 valence electrons. The van der Waals surface area contributed by atoms with Gasteiger partial charge >= 0.3 is 11.7 Å². The lowest BCUT2D eigenvalue weighted by molar-refractivity contribution is -0.385. The average Bonchev–Trinajstić information content (AvgIpc) is 2.77. The van der Waals surface area contributed by atoms with Crippen LogP contribution < -0.4 is 18.9 Å². The van der Waals surface area contributed by atoms with E-state index in [4.69, 9.17) is 18.9 Å². The highest BCUT2D eigenvalue weighted by molar-refractivity contribution is 5.98. The molecule has 0 heterocycles. The molecule has 0 aliphatic carbocycles. The summed E-state index contributed by atoms with van der Waals surface area (Å²) in [6.45, 7) is 1.28. The molecule has 10 heteroatoms. The third-order valence-corrected chi connectivity index (χ3v) is 4.35. The van der Waals surface area contributed by atoms with Crippen LogP contribution in [-0.2, 0) is 4.79 Å². The maximum atomic E-state index is 11.7. The van der Waals surface area contributed by atoms with Gasteiger partial charge in [-0.3, -0.25) is 14.9 Å². The van der Waals surface area contributed by atoms with Crippen LogP contribution in [-0.4, -0.2) is 32.2 Å². The molecule has 0 aliphatic heterocycles. The summed E-state index contributed by atoms with van der Waals surface area (Å²) in [7, 11) is 4.18. The molecule has 0 saturated heterocycles. The van der Waals surface area contributed by atoms with Crippen LogP contribution in [0.15, 0.2) is 52.7 Å². The van der Waals surface area contributed by atoms with Gasteiger partial charge in [0.25, 0.3) is 0 Å². The Balaban J connectivity index is 2.19. The normalized spacial score (nSPS) is 10.8. The minimum absolute atomic E-state index is 0.00366. The molecule has 0 aromatic heterocycles. The van der Waals surface area contributed by atoms with Gasteiger partial charge in [-0.05, 0) is 0 Å². The molecule has 3 aromatic rings. The average molecular weight is 425 g/mol. The Bertz CT molecular complexity index is 1190. The van der Waals surface area contributed by atoms with Gasteiger partial charge in [-0.2, -0.15) is 0 Å². The molecule has 3 rings (SSSR count).